The van der Waals surface area contributed by atoms with E-state index >= 15 is 0 Å². The zero-order valence-corrected chi connectivity index (χ0v) is 14.1. The van der Waals surface area contributed by atoms with E-state index in [4.69, 9.17) is 9.84 Å². The summed E-state index contributed by atoms with van der Waals surface area (Å²) in [7, 11) is 1.53. The number of aromatic nitrogens is 1. The van der Waals surface area contributed by atoms with Crippen molar-refractivity contribution in [2.24, 2.45) is 0 Å². The summed E-state index contributed by atoms with van der Waals surface area (Å²) in [4.78, 5) is 29.6. The fraction of sp³-hybridized carbons (Fsp3) is 0.312. The van der Waals surface area contributed by atoms with Crippen LogP contribution in [0, 0.1) is 12.7 Å². The number of carbonyl (C=O) groups excluding carboxylic acids is 1. The number of methoxy groups -OCH3 is 1. The van der Waals surface area contributed by atoms with Gasteiger partial charge in [0.2, 0.25) is 0 Å². The maximum atomic E-state index is 13.0. The summed E-state index contributed by atoms with van der Waals surface area (Å²) in [5.41, 5.74) is 1.18. The molecule has 0 saturated carbocycles. The molecule has 128 valence electrons. The molecule has 1 heterocycles. The Morgan fingerprint density at radius 1 is 1.33 bits per heavy atom. The Bertz CT molecular complexity index is 730. The Morgan fingerprint density at radius 2 is 2.00 bits per heavy atom. The van der Waals surface area contributed by atoms with Crippen LogP contribution in [0.25, 0.3) is 0 Å². The first-order chi connectivity index (χ1) is 11.4. The first-order valence-corrected chi connectivity index (χ1v) is 7.93. The summed E-state index contributed by atoms with van der Waals surface area (Å²) in [6.45, 7) is 1.60. The molecule has 24 heavy (non-hydrogen) atoms. The van der Waals surface area contributed by atoms with Gasteiger partial charge in [-0.15, -0.1) is 11.3 Å². The molecular formula is C16H17FN2O4S. The van der Waals surface area contributed by atoms with E-state index in [2.05, 4.69) is 4.98 Å². The smallest absolute Gasteiger partial charge is 0.323 e. The lowest BCUT2D eigenvalue weighted by atomic mass is 10.2. The van der Waals surface area contributed by atoms with Crippen LogP contribution in [0.15, 0.2) is 24.3 Å². The third kappa shape index (κ3) is 4.59. The molecule has 8 heteroatoms. The predicted octanol–water partition coefficient (Wildman–Crippen LogP) is 2.46. The molecule has 0 bridgehead atoms. The van der Waals surface area contributed by atoms with E-state index in [9.17, 15) is 14.0 Å². The Morgan fingerprint density at radius 3 is 2.58 bits per heavy atom. The number of benzene rings is 1. The van der Waals surface area contributed by atoms with Crippen LogP contribution in [0.4, 0.5) is 4.39 Å². The molecule has 0 atom stereocenters. The van der Waals surface area contributed by atoms with E-state index in [0.29, 0.717) is 21.1 Å². The lowest BCUT2D eigenvalue weighted by Gasteiger charge is -2.20. The number of aryl methyl sites for hydroxylation is 1. The molecule has 2 rings (SSSR count). The van der Waals surface area contributed by atoms with Crippen molar-refractivity contribution in [1.29, 1.82) is 0 Å². The van der Waals surface area contributed by atoms with Crippen molar-refractivity contribution in [1.82, 2.24) is 9.88 Å². The summed E-state index contributed by atoms with van der Waals surface area (Å²) < 4.78 is 18.0. The number of carboxylic acids is 1. The molecule has 0 aliphatic rings. The minimum absolute atomic E-state index is 0.0718. The van der Waals surface area contributed by atoms with Crippen LogP contribution >= 0.6 is 11.3 Å². The second-order valence-electron chi connectivity index (χ2n) is 5.14. The number of ether oxygens (including phenoxy) is 1. The number of rotatable bonds is 7. The SMILES string of the molecule is COCc1nc(C)c(C(=O)N(CC(=O)O)Cc2ccc(F)cc2)s1. The highest BCUT2D eigenvalue weighted by Crippen LogP contribution is 2.21. The normalized spacial score (nSPS) is 10.6. The molecule has 0 radical (unpaired) electrons. The van der Waals surface area contributed by atoms with Crippen LogP contribution in [-0.2, 0) is 22.7 Å². The monoisotopic (exact) mass is 352 g/mol. The van der Waals surface area contributed by atoms with Gasteiger partial charge < -0.3 is 14.7 Å². The van der Waals surface area contributed by atoms with Gasteiger partial charge in [-0.2, -0.15) is 0 Å². The average molecular weight is 352 g/mol. The molecule has 6 nitrogen and oxygen atoms in total. The second-order valence-corrected chi connectivity index (χ2v) is 6.22. The van der Waals surface area contributed by atoms with Crippen LogP contribution in [0.2, 0.25) is 0 Å². The summed E-state index contributed by atoms with van der Waals surface area (Å²) in [6, 6.07) is 5.58. The minimum atomic E-state index is -1.12. The van der Waals surface area contributed by atoms with Crippen LogP contribution in [-0.4, -0.2) is 40.5 Å². The molecule has 2 aromatic rings. The van der Waals surface area contributed by atoms with Gasteiger partial charge in [0.05, 0.1) is 12.3 Å². The van der Waals surface area contributed by atoms with Crippen molar-refractivity contribution in [2.45, 2.75) is 20.1 Å². The molecule has 0 aliphatic heterocycles. The average Bonchev–Trinajstić information content (AvgIpc) is 2.88. The number of thiazole rings is 1. The van der Waals surface area contributed by atoms with Crippen molar-refractivity contribution in [3.63, 3.8) is 0 Å². The molecule has 0 aliphatic carbocycles. The van der Waals surface area contributed by atoms with Crippen LogP contribution in [0.5, 0.6) is 0 Å². The molecule has 1 N–H and O–H groups in total. The topological polar surface area (TPSA) is 79.7 Å². The van der Waals surface area contributed by atoms with Gasteiger partial charge in [0.15, 0.2) is 0 Å². The van der Waals surface area contributed by atoms with Crippen molar-refractivity contribution in [3.8, 4) is 0 Å². The molecular weight excluding hydrogens is 335 g/mol. The molecule has 1 amide bonds. The zero-order chi connectivity index (χ0) is 17.7. The number of aliphatic carboxylic acids is 1. The Labute approximate surface area is 142 Å². The summed E-state index contributed by atoms with van der Waals surface area (Å²) >= 11 is 1.18. The quantitative estimate of drug-likeness (QED) is 0.828. The third-order valence-corrected chi connectivity index (χ3v) is 4.32. The van der Waals surface area contributed by atoms with Crippen molar-refractivity contribution in [3.05, 3.63) is 51.2 Å². The molecule has 1 aromatic carbocycles. The van der Waals surface area contributed by atoms with Gasteiger partial charge >= 0.3 is 5.97 Å². The minimum Gasteiger partial charge on any atom is -0.480 e. The van der Waals surface area contributed by atoms with Gasteiger partial charge in [0.1, 0.15) is 22.2 Å². The van der Waals surface area contributed by atoms with Crippen molar-refractivity contribution >= 4 is 23.2 Å². The lowest BCUT2D eigenvalue weighted by Crippen LogP contribution is -2.35. The van der Waals surface area contributed by atoms with Gasteiger partial charge in [-0.1, -0.05) is 12.1 Å². The van der Waals surface area contributed by atoms with Gasteiger partial charge in [-0.05, 0) is 24.6 Å². The van der Waals surface area contributed by atoms with E-state index in [-0.39, 0.29) is 13.2 Å². The number of nitrogens with zero attached hydrogens (tertiary/aromatic N) is 2. The Balaban J connectivity index is 2.24. The lowest BCUT2D eigenvalue weighted by molar-refractivity contribution is -0.137. The van der Waals surface area contributed by atoms with Crippen LogP contribution in [0.1, 0.15) is 25.9 Å². The number of halogens is 1. The summed E-state index contributed by atoms with van der Waals surface area (Å²) in [5, 5.41) is 9.72. The second kappa shape index (κ2) is 7.98. The van der Waals surface area contributed by atoms with E-state index < -0.39 is 24.2 Å². The molecule has 0 fully saturated rings. The highest BCUT2D eigenvalue weighted by atomic mass is 32.1. The largest absolute Gasteiger partial charge is 0.480 e. The molecule has 0 spiro atoms. The predicted molar refractivity (Wildman–Crippen MR) is 86.3 cm³/mol. The van der Waals surface area contributed by atoms with Crippen LogP contribution < -0.4 is 0 Å². The maximum absolute atomic E-state index is 13.0. The Kier molecular flexibility index (Phi) is 5.99. The number of hydrogen-bond donors (Lipinski definition) is 1. The maximum Gasteiger partial charge on any atom is 0.323 e. The van der Waals surface area contributed by atoms with Gasteiger partial charge in [-0.25, -0.2) is 9.37 Å². The van der Waals surface area contributed by atoms with E-state index in [1.54, 1.807) is 6.92 Å². The molecule has 1 aromatic heterocycles. The number of hydrogen-bond acceptors (Lipinski definition) is 5. The number of carboxylic acid groups (broad SMARTS) is 1. The fourth-order valence-corrected chi connectivity index (χ4v) is 3.16. The van der Waals surface area contributed by atoms with Gasteiger partial charge in [0.25, 0.3) is 5.91 Å². The van der Waals surface area contributed by atoms with Crippen molar-refractivity contribution < 1.29 is 23.8 Å². The standard InChI is InChI=1S/C16H17FN2O4S/c1-10-15(24-13(18-10)9-23-2)16(22)19(8-14(20)21)7-11-3-5-12(17)6-4-11/h3-6H,7-9H2,1-2H3,(H,20,21). The number of carbonyl (C=O) groups is 2. The zero-order valence-electron chi connectivity index (χ0n) is 13.3. The molecule has 0 unspecified atom stereocenters. The third-order valence-electron chi connectivity index (χ3n) is 3.20. The van der Waals surface area contributed by atoms with Gasteiger partial charge in [0, 0.05) is 13.7 Å². The van der Waals surface area contributed by atoms with Crippen molar-refractivity contribution in [2.75, 3.05) is 13.7 Å². The van der Waals surface area contributed by atoms with E-state index in [1.807, 2.05) is 0 Å². The van der Waals surface area contributed by atoms with Crippen LogP contribution in [0.3, 0.4) is 0 Å². The first-order valence-electron chi connectivity index (χ1n) is 7.11. The fourth-order valence-electron chi connectivity index (χ4n) is 2.15. The Hall–Kier alpha value is -2.32. The first kappa shape index (κ1) is 18.0. The highest BCUT2D eigenvalue weighted by molar-refractivity contribution is 7.13. The summed E-state index contributed by atoms with van der Waals surface area (Å²) in [5.74, 6) is -1.93. The number of amides is 1. The van der Waals surface area contributed by atoms with E-state index in [1.165, 1.54) is 47.6 Å². The van der Waals surface area contributed by atoms with Gasteiger partial charge in [-0.3, -0.25) is 9.59 Å². The molecule has 0 saturated heterocycles. The highest BCUT2D eigenvalue weighted by Gasteiger charge is 2.23. The summed E-state index contributed by atoms with van der Waals surface area (Å²) in [6.07, 6.45) is 0. The van der Waals surface area contributed by atoms with E-state index in [0.717, 1.165) is 0 Å².